The molecule has 0 aliphatic rings. The zero-order valence-electron chi connectivity index (χ0n) is 10.3. The van der Waals surface area contributed by atoms with Crippen molar-refractivity contribution in [3.8, 4) is 5.75 Å². The van der Waals surface area contributed by atoms with Crippen LogP contribution in [0.4, 0.5) is 0 Å². The molecule has 2 heteroatoms. The molecule has 0 heterocycles. The van der Waals surface area contributed by atoms with E-state index < -0.39 is 0 Å². The molecular formula is C16H16O2. The first kappa shape index (κ1) is 12.4. The molecule has 18 heavy (non-hydrogen) atoms. The van der Waals surface area contributed by atoms with Crippen molar-refractivity contribution in [1.82, 2.24) is 0 Å². The van der Waals surface area contributed by atoms with Crippen molar-refractivity contribution in [3.05, 3.63) is 55.1 Å². The molecule has 0 spiro atoms. The Morgan fingerprint density at radius 2 is 1.94 bits per heavy atom. The first-order chi connectivity index (χ1) is 8.81. The van der Waals surface area contributed by atoms with Crippen LogP contribution in [-0.4, -0.2) is 5.97 Å². The fourth-order valence-corrected chi connectivity index (χ4v) is 1.85. The molecule has 2 aromatic carbocycles. The van der Waals surface area contributed by atoms with Crippen LogP contribution in [0.3, 0.4) is 0 Å². The molecule has 0 amide bonds. The molecule has 2 aromatic rings. The van der Waals surface area contributed by atoms with E-state index in [9.17, 15) is 4.79 Å². The van der Waals surface area contributed by atoms with E-state index in [4.69, 9.17) is 4.74 Å². The number of fused-ring (bicyclic) bond motifs is 1. The van der Waals surface area contributed by atoms with Gasteiger partial charge in [-0.2, -0.15) is 0 Å². The average Bonchev–Trinajstić information content (AvgIpc) is 2.39. The molecule has 0 radical (unpaired) electrons. The summed E-state index contributed by atoms with van der Waals surface area (Å²) in [5, 5.41) is 2.05. The Kier molecular flexibility index (Phi) is 4.13. The second kappa shape index (κ2) is 6.01. The first-order valence-electron chi connectivity index (χ1n) is 6.10. The molecule has 92 valence electrons. The summed E-state index contributed by atoms with van der Waals surface area (Å²) in [5.41, 5.74) is 0. The Balaban J connectivity index is 2.11. The second-order valence-electron chi connectivity index (χ2n) is 4.13. The topological polar surface area (TPSA) is 26.3 Å². The maximum Gasteiger partial charge on any atom is 0.311 e. The highest BCUT2D eigenvalue weighted by molar-refractivity contribution is 5.90. The van der Waals surface area contributed by atoms with Crippen molar-refractivity contribution in [2.24, 2.45) is 0 Å². The summed E-state index contributed by atoms with van der Waals surface area (Å²) in [6.45, 7) is 3.63. The number of rotatable bonds is 5. The Morgan fingerprint density at radius 3 is 2.78 bits per heavy atom. The van der Waals surface area contributed by atoms with E-state index in [1.54, 1.807) is 0 Å². The minimum Gasteiger partial charge on any atom is -0.426 e. The third-order valence-corrected chi connectivity index (χ3v) is 2.76. The van der Waals surface area contributed by atoms with E-state index in [0.717, 1.165) is 23.6 Å². The van der Waals surface area contributed by atoms with E-state index in [2.05, 4.69) is 6.58 Å². The number of hydrogen-bond donors (Lipinski definition) is 0. The molecule has 0 aliphatic heterocycles. The Labute approximate surface area is 107 Å². The molecule has 0 bridgehead atoms. The van der Waals surface area contributed by atoms with Crippen molar-refractivity contribution >= 4 is 16.7 Å². The molecule has 0 atom stereocenters. The minimum atomic E-state index is -0.187. The molecule has 0 saturated heterocycles. The van der Waals surface area contributed by atoms with Gasteiger partial charge >= 0.3 is 5.97 Å². The number of allylic oxidation sites excluding steroid dienone is 1. The lowest BCUT2D eigenvalue weighted by molar-refractivity contribution is -0.134. The van der Waals surface area contributed by atoms with Gasteiger partial charge in [0.05, 0.1) is 0 Å². The summed E-state index contributed by atoms with van der Waals surface area (Å²) in [6, 6.07) is 13.6. The number of esters is 1. The molecule has 0 N–H and O–H groups in total. The number of benzene rings is 2. The summed E-state index contributed by atoms with van der Waals surface area (Å²) in [6.07, 6.45) is 3.86. The van der Waals surface area contributed by atoms with Crippen molar-refractivity contribution in [2.75, 3.05) is 0 Å². The van der Waals surface area contributed by atoms with Gasteiger partial charge in [0.25, 0.3) is 0 Å². The van der Waals surface area contributed by atoms with Crippen LogP contribution in [0, 0.1) is 0 Å². The predicted octanol–water partition coefficient (Wildman–Crippen LogP) is 4.10. The number of ether oxygens (including phenoxy) is 1. The van der Waals surface area contributed by atoms with Gasteiger partial charge in [0.1, 0.15) is 5.75 Å². The van der Waals surface area contributed by atoms with Crippen LogP contribution in [0.25, 0.3) is 10.8 Å². The molecule has 0 unspecified atom stereocenters. The fourth-order valence-electron chi connectivity index (χ4n) is 1.85. The summed E-state index contributed by atoms with van der Waals surface area (Å²) in [7, 11) is 0. The molecule has 0 aliphatic carbocycles. The van der Waals surface area contributed by atoms with Crippen molar-refractivity contribution in [2.45, 2.75) is 19.3 Å². The Hall–Kier alpha value is -2.09. The average molecular weight is 240 g/mol. The maximum atomic E-state index is 11.7. The van der Waals surface area contributed by atoms with E-state index in [1.165, 1.54) is 0 Å². The fraction of sp³-hybridized carbons (Fsp3) is 0.188. The lowest BCUT2D eigenvalue weighted by atomic mass is 10.1. The van der Waals surface area contributed by atoms with Crippen molar-refractivity contribution in [1.29, 1.82) is 0 Å². The molecule has 0 aromatic heterocycles. The molecular weight excluding hydrogens is 224 g/mol. The van der Waals surface area contributed by atoms with Gasteiger partial charge in [-0.3, -0.25) is 4.79 Å². The Bertz CT molecular complexity index is 553. The number of unbranched alkanes of at least 4 members (excludes halogenated alkanes) is 1. The molecule has 0 fully saturated rings. The summed E-state index contributed by atoms with van der Waals surface area (Å²) in [4.78, 5) is 11.7. The molecule has 2 rings (SSSR count). The van der Waals surface area contributed by atoms with Crippen LogP contribution < -0.4 is 4.74 Å². The van der Waals surface area contributed by atoms with Gasteiger partial charge in [0, 0.05) is 11.8 Å². The van der Waals surface area contributed by atoms with E-state index in [0.29, 0.717) is 12.2 Å². The second-order valence-corrected chi connectivity index (χ2v) is 4.13. The van der Waals surface area contributed by atoms with E-state index in [1.807, 2.05) is 48.5 Å². The predicted molar refractivity (Wildman–Crippen MR) is 73.6 cm³/mol. The van der Waals surface area contributed by atoms with Gasteiger partial charge in [-0.1, -0.05) is 42.5 Å². The SMILES string of the molecule is C=CCCCC(=O)Oc1cccc2ccccc12. The van der Waals surface area contributed by atoms with Crippen LogP contribution in [0.15, 0.2) is 55.1 Å². The zero-order chi connectivity index (χ0) is 12.8. The van der Waals surface area contributed by atoms with Gasteiger partial charge in [-0.05, 0) is 24.3 Å². The van der Waals surface area contributed by atoms with Crippen molar-refractivity contribution < 1.29 is 9.53 Å². The Morgan fingerprint density at radius 1 is 1.17 bits per heavy atom. The van der Waals surface area contributed by atoms with E-state index >= 15 is 0 Å². The normalized spacial score (nSPS) is 10.2. The zero-order valence-corrected chi connectivity index (χ0v) is 10.3. The lowest BCUT2D eigenvalue weighted by Crippen LogP contribution is -2.07. The van der Waals surface area contributed by atoms with Gasteiger partial charge in [0.15, 0.2) is 0 Å². The largest absolute Gasteiger partial charge is 0.426 e. The van der Waals surface area contributed by atoms with E-state index in [-0.39, 0.29) is 5.97 Å². The lowest BCUT2D eigenvalue weighted by Gasteiger charge is -2.07. The van der Waals surface area contributed by atoms with Crippen LogP contribution in [0.2, 0.25) is 0 Å². The number of carbonyl (C=O) groups excluding carboxylic acids is 1. The van der Waals surface area contributed by atoms with Crippen LogP contribution in [0.1, 0.15) is 19.3 Å². The van der Waals surface area contributed by atoms with Gasteiger partial charge in [0.2, 0.25) is 0 Å². The smallest absolute Gasteiger partial charge is 0.311 e. The summed E-state index contributed by atoms with van der Waals surface area (Å²) in [5.74, 6) is 0.449. The van der Waals surface area contributed by atoms with Crippen molar-refractivity contribution in [3.63, 3.8) is 0 Å². The summed E-state index contributed by atoms with van der Waals surface area (Å²) >= 11 is 0. The number of hydrogen-bond acceptors (Lipinski definition) is 2. The highest BCUT2D eigenvalue weighted by Crippen LogP contribution is 2.25. The molecule has 2 nitrogen and oxygen atoms in total. The maximum absolute atomic E-state index is 11.7. The third kappa shape index (κ3) is 2.98. The monoisotopic (exact) mass is 240 g/mol. The van der Waals surface area contributed by atoms with Gasteiger partial charge < -0.3 is 4.74 Å². The summed E-state index contributed by atoms with van der Waals surface area (Å²) < 4.78 is 5.40. The van der Waals surface area contributed by atoms with Crippen LogP contribution in [0.5, 0.6) is 5.75 Å². The number of carbonyl (C=O) groups is 1. The van der Waals surface area contributed by atoms with Crippen LogP contribution >= 0.6 is 0 Å². The third-order valence-electron chi connectivity index (χ3n) is 2.76. The quantitative estimate of drug-likeness (QED) is 0.340. The highest BCUT2D eigenvalue weighted by atomic mass is 16.5. The highest BCUT2D eigenvalue weighted by Gasteiger charge is 2.07. The van der Waals surface area contributed by atoms with Crippen LogP contribution in [-0.2, 0) is 4.79 Å². The van der Waals surface area contributed by atoms with Gasteiger partial charge in [-0.25, -0.2) is 0 Å². The molecule has 0 saturated carbocycles. The van der Waals surface area contributed by atoms with Gasteiger partial charge in [-0.15, -0.1) is 6.58 Å². The standard InChI is InChI=1S/C16H16O2/c1-2-3-4-12-16(17)18-15-11-7-9-13-8-5-6-10-14(13)15/h2,5-11H,1,3-4,12H2. The first-order valence-corrected chi connectivity index (χ1v) is 6.10. The minimum absolute atomic E-state index is 0.187.